The monoisotopic (exact) mass is 276 g/mol. The second kappa shape index (κ2) is 6.31. The molecule has 2 rings (SSSR count). The minimum atomic E-state index is -0.0610. The average Bonchev–Trinajstić information content (AvgIpc) is 2.41. The zero-order valence-electron chi connectivity index (χ0n) is 12.5. The van der Waals surface area contributed by atoms with Crippen LogP contribution in [0.2, 0.25) is 0 Å². The summed E-state index contributed by atoms with van der Waals surface area (Å²) in [6.45, 7) is 5.92. The van der Waals surface area contributed by atoms with E-state index in [2.05, 4.69) is 15.3 Å². The average molecular weight is 276 g/mol. The van der Waals surface area contributed by atoms with E-state index >= 15 is 0 Å². The molecule has 1 aromatic heterocycles. The number of nitrogens with one attached hydrogen (secondary N) is 1. The number of hydrogen-bond acceptors (Lipinski definition) is 4. The van der Waals surface area contributed by atoms with Crippen LogP contribution < -0.4 is 11.1 Å². The number of nitrogens with two attached hydrogens (primary N) is 1. The zero-order chi connectivity index (χ0) is 14.7. The molecule has 5 heteroatoms. The van der Waals surface area contributed by atoms with Crippen molar-refractivity contribution in [3.8, 4) is 0 Å². The molecule has 20 heavy (non-hydrogen) atoms. The van der Waals surface area contributed by atoms with Gasteiger partial charge in [-0.2, -0.15) is 0 Å². The molecule has 1 fully saturated rings. The molecule has 0 radical (unpaired) electrons. The number of aromatic nitrogens is 2. The second-order valence-electron chi connectivity index (χ2n) is 5.96. The first-order chi connectivity index (χ1) is 9.47. The Balaban J connectivity index is 2.09. The van der Waals surface area contributed by atoms with Crippen LogP contribution in [0, 0.1) is 6.92 Å². The van der Waals surface area contributed by atoms with Crippen molar-refractivity contribution in [2.45, 2.75) is 64.5 Å². The highest BCUT2D eigenvalue weighted by molar-refractivity contribution is 5.95. The van der Waals surface area contributed by atoms with E-state index in [-0.39, 0.29) is 23.9 Å². The van der Waals surface area contributed by atoms with E-state index in [1.807, 2.05) is 20.8 Å². The normalized spacial score (nSPS) is 22.9. The molecule has 0 bridgehead atoms. The Bertz CT molecular complexity index is 479. The van der Waals surface area contributed by atoms with E-state index in [1.54, 1.807) is 6.20 Å². The summed E-state index contributed by atoms with van der Waals surface area (Å²) in [4.78, 5) is 21.0. The van der Waals surface area contributed by atoms with E-state index in [9.17, 15) is 4.79 Å². The van der Waals surface area contributed by atoms with Crippen LogP contribution in [0.25, 0.3) is 0 Å². The fraction of sp³-hybridized carbons (Fsp3) is 0.667. The smallest absolute Gasteiger partial charge is 0.254 e. The van der Waals surface area contributed by atoms with Gasteiger partial charge in [-0.1, -0.05) is 13.8 Å². The highest BCUT2D eigenvalue weighted by Gasteiger charge is 2.23. The molecule has 0 spiro atoms. The second-order valence-corrected chi connectivity index (χ2v) is 5.96. The molecule has 110 valence electrons. The van der Waals surface area contributed by atoms with Gasteiger partial charge in [-0.25, -0.2) is 9.97 Å². The number of amides is 1. The van der Waals surface area contributed by atoms with Crippen LogP contribution in [0.5, 0.6) is 0 Å². The highest BCUT2D eigenvalue weighted by Crippen LogP contribution is 2.20. The van der Waals surface area contributed by atoms with Gasteiger partial charge in [-0.3, -0.25) is 4.79 Å². The minimum absolute atomic E-state index is 0.0610. The standard InChI is InChI=1S/C15H24N4O/c1-9(2)14-13(8-17-10(3)18-14)15(20)19-12-6-4-11(16)5-7-12/h8-9,11-12H,4-7,16H2,1-3H3,(H,19,20). The first-order valence-corrected chi connectivity index (χ1v) is 7.37. The third-order valence-electron chi connectivity index (χ3n) is 3.84. The third kappa shape index (κ3) is 3.54. The van der Waals surface area contributed by atoms with Crippen molar-refractivity contribution in [1.29, 1.82) is 0 Å². The molecule has 1 heterocycles. The predicted octanol–water partition coefficient (Wildman–Crippen LogP) is 1.91. The fourth-order valence-corrected chi connectivity index (χ4v) is 2.63. The maximum absolute atomic E-state index is 12.4. The predicted molar refractivity (Wildman–Crippen MR) is 78.6 cm³/mol. The number of aryl methyl sites for hydroxylation is 1. The summed E-state index contributed by atoms with van der Waals surface area (Å²) in [6.07, 6.45) is 5.51. The van der Waals surface area contributed by atoms with Gasteiger partial charge in [0.2, 0.25) is 0 Å². The summed E-state index contributed by atoms with van der Waals surface area (Å²) < 4.78 is 0. The topological polar surface area (TPSA) is 80.9 Å². The quantitative estimate of drug-likeness (QED) is 0.883. The Morgan fingerprint density at radius 1 is 1.35 bits per heavy atom. The van der Waals surface area contributed by atoms with Crippen LogP contribution in [0.4, 0.5) is 0 Å². The van der Waals surface area contributed by atoms with Crippen LogP contribution in [-0.4, -0.2) is 28.0 Å². The van der Waals surface area contributed by atoms with E-state index < -0.39 is 0 Å². The van der Waals surface area contributed by atoms with Gasteiger partial charge in [0.15, 0.2) is 0 Å². The van der Waals surface area contributed by atoms with Gasteiger partial charge in [0.25, 0.3) is 5.91 Å². The van der Waals surface area contributed by atoms with Gasteiger partial charge in [0.1, 0.15) is 5.82 Å². The fourth-order valence-electron chi connectivity index (χ4n) is 2.63. The molecule has 0 unspecified atom stereocenters. The van der Waals surface area contributed by atoms with Crippen molar-refractivity contribution in [1.82, 2.24) is 15.3 Å². The number of rotatable bonds is 3. The summed E-state index contributed by atoms with van der Waals surface area (Å²) in [6, 6.07) is 0.515. The maximum atomic E-state index is 12.4. The molecule has 1 aromatic rings. The summed E-state index contributed by atoms with van der Waals surface area (Å²) >= 11 is 0. The van der Waals surface area contributed by atoms with Crippen LogP contribution in [-0.2, 0) is 0 Å². The Labute approximate surface area is 120 Å². The first-order valence-electron chi connectivity index (χ1n) is 7.37. The van der Waals surface area contributed by atoms with Crippen LogP contribution >= 0.6 is 0 Å². The van der Waals surface area contributed by atoms with Crippen molar-refractivity contribution in [3.63, 3.8) is 0 Å². The van der Waals surface area contributed by atoms with Crippen molar-refractivity contribution >= 4 is 5.91 Å². The zero-order valence-corrected chi connectivity index (χ0v) is 12.5. The van der Waals surface area contributed by atoms with Gasteiger partial charge in [-0.15, -0.1) is 0 Å². The van der Waals surface area contributed by atoms with Gasteiger partial charge in [-0.05, 0) is 38.5 Å². The maximum Gasteiger partial charge on any atom is 0.254 e. The lowest BCUT2D eigenvalue weighted by molar-refractivity contribution is 0.0923. The molecule has 3 N–H and O–H groups in total. The van der Waals surface area contributed by atoms with Crippen LogP contribution in [0.1, 0.15) is 67.3 Å². The molecular formula is C15H24N4O. The molecule has 1 aliphatic carbocycles. The number of carbonyl (C=O) groups is 1. The molecule has 1 saturated carbocycles. The van der Waals surface area contributed by atoms with Crippen molar-refractivity contribution in [2.24, 2.45) is 5.73 Å². The third-order valence-corrected chi connectivity index (χ3v) is 3.84. The lowest BCUT2D eigenvalue weighted by Gasteiger charge is -2.27. The molecule has 0 aromatic carbocycles. The number of hydrogen-bond donors (Lipinski definition) is 2. The van der Waals surface area contributed by atoms with Gasteiger partial charge in [0.05, 0.1) is 11.3 Å². The van der Waals surface area contributed by atoms with Crippen molar-refractivity contribution in [3.05, 3.63) is 23.3 Å². The Morgan fingerprint density at radius 2 is 2.00 bits per heavy atom. The summed E-state index contributed by atoms with van der Waals surface area (Å²) in [5.41, 5.74) is 7.31. The Kier molecular flexibility index (Phi) is 4.70. The molecule has 5 nitrogen and oxygen atoms in total. The van der Waals surface area contributed by atoms with E-state index in [1.165, 1.54) is 0 Å². The van der Waals surface area contributed by atoms with E-state index in [0.717, 1.165) is 31.4 Å². The SMILES string of the molecule is Cc1ncc(C(=O)NC2CCC(N)CC2)c(C(C)C)n1. The molecule has 0 atom stereocenters. The largest absolute Gasteiger partial charge is 0.349 e. The minimum Gasteiger partial charge on any atom is -0.349 e. The lowest BCUT2D eigenvalue weighted by Crippen LogP contribution is -2.40. The Morgan fingerprint density at radius 3 is 2.60 bits per heavy atom. The lowest BCUT2D eigenvalue weighted by atomic mass is 9.91. The van der Waals surface area contributed by atoms with Gasteiger partial charge >= 0.3 is 0 Å². The van der Waals surface area contributed by atoms with Crippen molar-refractivity contribution in [2.75, 3.05) is 0 Å². The molecule has 1 aliphatic rings. The number of nitrogens with zero attached hydrogens (tertiary/aromatic N) is 2. The van der Waals surface area contributed by atoms with E-state index in [4.69, 9.17) is 5.73 Å². The van der Waals surface area contributed by atoms with Gasteiger partial charge in [0, 0.05) is 18.3 Å². The Hall–Kier alpha value is -1.49. The summed E-state index contributed by atoms with van der Waals surface area (Å²) in [5, 5.41) is 3.10. The van der Waals surface area contributed by atoms with Crippen LogP contribution in [0.3, 0.4) is 0 Å². The summed E-state index contributed by atoms with van der Waals surface area (Å²) in [7, 11) is 0. The van der Waals surface area contributed by atoms with Gasteiger partial charge < -0.3 is 11.1 Å². The van der Waals surface area contributed by atoms with Crippen molar-refractivity contribution < 1.29 is 4.79 Å². The van der Waals surface area contributed by atoms with E-state index in [0.29, 0.717) is 11.4 Å². The molecular weight excluding hydrogens is 252 g/mol. The first kappa shape index (κ1) is 14.9. The van der Waals surface area contributed by atoms with Crippen LogP contribution in [0.15, 0.2) is 6.20 Å². The molecule has 0 aliphatic heterocycles. The highest BCUT2D eigenvalue weighted by atomic mass is 16.1. The molecule has 1 amide bonds. The number of carbonyl (C=O) groups excluding carboxylic acids is 1. The molecule has 0 saturated heterocycles. The summed E-state index contributed by atoms with van der Waals surface area (Å²) in [5.74, 6) is 0.847.